The van der Waals surface area contributed by atoms with Gasteiger partial charge in [0.25, 0.3) is 0 Å². The first-order chi connectivity index (χ1) is 10.1. The van der Waals surface area contributed by atoms with Gasteiger partial charge in [-0.25, -0.2) is 17.9 Å². The third-order valence-electron chi connectivity index (χ3n) is 3.90. The van der Waals surface area contributed by atoms with Crippen LogP contribution in [0, 0.1) is 17.1 Å². The van der Waals surface area contributed by atoms with Crippen molar-refractivity contribution in [3.05, 3.63) is 28.2 Å². The fraction of sp³-hybridized carbons (Fsp3) is 0.571. The van der Waals surface area contributed by atoms with Gasteiger partial charge >= 0.3 is 0 Å². The summed E-state index contributed by atoms with van der Waals surface area (Å²) in [7, 11) is -2.90. The number of nitriles is 1. The Kier molecular flexibility index (Phi) is 4.62. The molecule has 0 bridgehead atoms. The van der Waals surface area contributed by atoms with Crippen molar-refractivity contribution in [3.63, 3.8) is 0 Å². The molecule has 22 heavy (non-hydrogen) atoms. The van der Waals surface area contributed by atoms with Crippen LogP contribution in [0.2, 0.25) is 0 Å². The van der Waals surface area contributed by atoms with Crippen LogP contribution < -0.4 is 5.73 Å². The van der Waals surface area contributed by atoms with Crippen LogP contribution in [0.25, 0.3) is 0 Å². The molecule has 0 saturated carbocycles. The van der Waals surface area contributed by atoms with E-state index in [1.807, 2.05) is 0 Å². The second kappa shape index (κ2) is 5.87. The van der Waals surface area contributed by atoms with E-state index in [-0.39, 0.29) is 11.4 Å². The van der Waals surface area contributed by atoms with Crippen LogP contribution >= 0.6 is 15.9 Å². The zero-order valence-electron chi connectivity index (χ0n) is 12.5. The SMILES string of the molecule is CC(N)(CS1(=O)=NCCC[C@@]1(C)C#N)c1nc(Br)ccc1F. The summed E-state index contributed by atoms with van der Waals surface area (Å²) in [6, 6.07) is 4.85. The molecule has 0 amide bonds. The summed E-state index contributed by atoms with van der Waals surface area (Å²) in [4.78, 5) is 4.08. The number of nitrogens with zero attached hydrogens (tertiary/aromatic N) is 3. The average Bonchev–Trinajstić information content (AvgIpc) is 2.44. The highest BCUT2D eigenvalue weighted by molar-refractivity contribution is 9.10. The van der Waals surface area contributed by atoms with Crippen LogP contribution in [0.4, 0.5) is 4.39 Å². The minimum absolute atomic E-state index is 0.0191. The lowest BCUT2D eigenvalue weighted by molar-refractivity contribution is 0.475. The van der Waals surface area contributed by atoms with Gasteiger partial charge in [-0.1, -0.05) is 0 Å². The highest BCUT2D eigenvalue weighted by atomic mass is 79.9. The maximum Gasteiger partial charge on any atom is 0.146 e. The van der Waals surface area contributed by atoms with Crippen molar-refractivity contribution in [2.45, 2.75) is 37.0 Å². The largest absolute Gasteiger partial charge is 0.319 e. The summed E-state index contributed by atoms with van der Waals surface area (Å²) in [6.45, 7) is 3.64. The maximum absolute atomic E-state index is 14.1. The molecule has 0 fully saturated rings. The molecule has 8 heteroatoms. The number of hydrogen-bond acceptors (Lipinski definition) is 5. The molecule has 2 N–H and O–H groups in total. The van der Waals surface area contributed by atoms with Gasteiger partial charge in [0, 0.05) is 6.54 Å². The standard InChI is InChI=1S/C14H18BrFN4OS/c1-13(8-17)6-3-7-19-22(13,21)9-14(2,18)12-10(16)4-5-11(15)20-12/h4-5H,3,6-7,9,18H2,1-2H3/t13-,14?,22?/m0/s1. The van der Waals surface area contributed by atoms with Crippen LogP contribution in [0.3, 0.4) is 0 Å². The van der Waals surface area contributed by atoms with Crippen molar-refractivity contribution in [1.82, 2.24) is 4.98 Å². The smallest absolute Gasteiger partial charge is 0.146 e. The van der Waals surface area contributed by atoms with Gasteiger partial charge < -0.3 is 5.73 Å². The molecule has 0 aliphatic carbocycles. The molecule has 2 rings (SSSR count). The molecule has 1 aliphatic heterocycles. The monoisotopic (exact) mass is 388 g/mol. The van der Waals surface area contributed by atoms with Gasteiger partial charge in [0.2, 0.25) is 0 Å². The third kappa shape index (κ3) is 3.03. The molecule has 5 nitrogen and oxygen atoms in total. The van der Waals surface area contributed by atoms with Gasteiger partial charge in [-0.15, -0.1) is 0 Å². The predicted molar refractivity (Wildman–Crippen MR) is 87.0 cm³/mol. The topological polar surface area (TPSA) is 92.1 Å². The Bertz CT molecular complexity index is 752. The van der Waals surface area contributed by atoms with Crippen molar-refractivity contribution < 1.29 is 8.60 Å². The van der Waals surface area contributed by atoms with E-state index >= 15 is 0 Å². The Labute approximate surface area is 138 Å². The van der Waals surface area contributed by atoms with Crippen LogP contribution in [0.5, 0.6) is 0 Å². The molecule has 0 radical (unpaired) electrons. The Balaban J connectivity index is 2.48. The van der Waals surface area contributed by atoms with Gasteiger partial charge in [0.1, 0.15) is 15.2 Å². The third-order valence-corrected chi connectivity index (χ3v) is 7.64. The van der Waals surface area contributed by atoms with Crippen LogP contribution in [0.15, 0.2) is 21.1 Å². The second-order valence-electron chi connectivity index (χ2n) is 5.97. The molecule has 2 heterocycles. The minimum Gasteiger partial charge on any atom is -0.319 e. The lowest BCUT2D eigenvalue weighted by Gasteiger charge is -2.34. The minimum atomic E-state index is -2.90. The van der Waals surface area contributed by atoms with Crippen LogP contribution in [0.1, 0.15) is 32.4 Å². The molecule has 0 saturated heterocycles. The number of halogens is 2. The van der Waals surface area contributed by atoms with Crippen molar-refractivity contribution >= 4 is 25.7 Å². The number of rotatable bonds is 3. The summed E-state index contributed by atoms with van der Waals surface area (Å²) in [5, 5.41) is 9.42. The van der Waals surface area contributed by atoms with E-state index in [9.17, 15) is 13.9 Å². The Morgan fingerprint density at radius 1 is 1.64 bits per heavy atom. The molecular formula is C14H18BrFN4OS. The summed E-state index contributed by atoms with van der Waals surface area (Å²) in [5.74, 6) is -0.671. The Hall–Kier alpha value is -1.04. The number of hydrogen-bond donors (Lipinski definition) is 1. The lowest BCUT2D eigenvalue weighted by atomic mass is 10.0. The lowest BCUT2D eigenvalue weighted by Crippen LogP contribution is -2.49. The number of pyridine rings is 1. The normalized spacial score (nSPS) is 30.9. The molecule has 1 aliphatic rings. The highest BCUT2D eigenvalue weighted by Gasteiger charge is 2.44. The molecule has 1 aromatic rings. The van der Waals surface area contributed by atoms with E-state index < -0.39 is 25.8 Å². The first-order valence-corrected chi connectivity index (χ1v) is 9.34. The fourth-order valence-corrected chi connectivity index (χ4v) is 5.54. The summed E-state index contributed by atoms with van der Waals surface area (Å²) in [5.41, 5.74) is 4.96. The van der Waals surface area contributed by atoms with Crippen molar-refractivity contribution in [2.24, 2.45) is 10.1 Å². The van der Waals surface area contributed by atoms with E-state index in [1.54, 1.807) is 13.8 Å². The quantitative estimate of drug-likeness (QED) is 0.805. The van der Waals surface area contributed by atoms with E-state index in [2.05, 4.69) is 31.3 Å². The molecule has 1 aromatic heterocycles. The number of nitrogens with two attached hydrogens (primary N) is 1. The van der Waals surface area contributed by atoms with Crippen LogP contribution in [-0.4, -0.2) is 26.2 Å². The Morgan fingerprint density at radius 3 is 2.95 bits per heavy atom. The maximum atomic E-state index is 14.1. The summed E-state index contributed by atoms with van der Waals surface area (Å²) < 4.78 is 30.9. The first-order valence-electron chi connectivity index (χ1n) is 6.86. The van der Waals surface area contributed by atoms with Gasteiger partial charge in [-0.2, -0.15) is 5.26 Å². The average molecular weight is 389 g/mol. The summed E-state index contributed by atoms with van der Waals surface area (Å²) >= 11 is 3.18. The van der Waals surface area contributed by atoms with Crippen molar-refractivity contribution in [3.8, 4) is 6.07 Å². The second-order valence-corrected chi connectivity index (χ2v) is 9.51. The zero-order chi connectivity index (χ0) is 16.6. The van der Waals surface area contributed by atoms with Gasteiger partial charge in [-0.05, 0) is 54.8 Å². The molecule has 0 aromatic carbocycles. The molecule has 120 valence electrons. The predicted octanol–water partition coefficient (Wildman–Crippen LogP) is 2.70. The first kappa shape index (κ1) is 17.3. The molecular weight excluding hydrogens is 371 g/mol. The van der Waals surface area contributed by atoms with Crippen LogP contribution in [-0.2, 0) is 15.3 Å². The summed E-state index contributed by atoms with van der Waals surface area (Å²) in [6.07, 6.45) is 1.21. The van der Waals surface area contributed by atoms with Gasteiger partial charge in [-0.3, -0.25) is 0 Å². The van der Waals surface area contributed by atoms with Gasteiger partial charge in [0.15, 0.2) is 0 Å². The van der Waals surface area contributed by atoms with E-state index in [0.29, 0.717) is 24.0 Å². The van der Waals surface area contributed by atoms with Crippen molar-refractivity contribution in [2.75, 3.05) is 12.3 Å². The van der Waals surface area contributed by atoms with Crippen molar-refractivity contribution in [1.29, 1.82) is 5.26 Å². The van der Waals surface area contributed by atoms with E-state index in [0.717, 1.165) is 0 Å². The highest BCUT2D eigenvalue weighted by Crippen LogP contribution is 2.34. The fourth-order valence-electron chi connectivity index (χ4n) is 2.56. The van der Waals surface area contributed by atoms with E-state index in [1.165, 1.54) is 12.1 Å². The molecule has 3 atom stereocenters. The molecule has 0 spiro atoms. The molecule has 2 unspecified atom stereocenters. The number of aromatic nitrogens is 1. The zero-order valence-corrected chi connectivity index (χ0v) is 14.9. The van der Waals surface area contributed by atoms with E-state index in [4.69, 9.17) is 5.73 Å². The van der Waals surface area contributed by atoms with Gasteiger partial charge in [0.05, 0.1) is 32.8 Å². The Morgan fingerprint density at radius 2 is 2.32 bits per heavy atom.